The molecule has 1 saturated heterocycles. The second-order valence-corrected chi connectivity index (χ2v) is 5.31. The molecule has 116 valence electrons. The molecule has 1 aromatic heterocycles. The van der Waals surface area contributed by atoms with E-state index in [1.54, 1.807) is 11.8 Å². The Morgan fingerprint density at radius 1 is 1.43 bits per heavy atom. The molecule has 8 nitrogen and oxygen atoms in total. The van der Waals surface area contributed by atoms with Crippen molar-refractivity contribution >= 4 is 12.0 Å². The Morgan fingerprint density at radius 3 is 2.57 bits per heavy atom. The zero-order chi connectivity index (χ0) is 15.5. The van der Waals surface area contributed by atoms with E-state index in [1.165, 1.54) is 0 Å². The monoisotopic (exact) mass is 296 g/mol. The third-order valence-corrected chi connectivity index (χ3v) is 4.11. The average molecular weight is 296 g/mol. The zero-order valence-corrected chi connectivity index (χ0v) is 12.3. The van der Waals surface area contributed by atoms with E-state index in [2.05, 4.69) is 15.5 Å². The molecule has 1 aromatic rings. The molecule has 0 radical (unpaired) electrons. The van der Waals surface area contributed by atoms with Crippen molar-refractivity contribution in [2.75, 3.05) is 13.1 Å². The van der Waals surface area contributed by atoms with Gasteiger partial charge in [0.25, 0.3) is 0 Å². The van der Waals surface area contributed by atoms with Gasteiger partial charge in [0.2, 0.25) is 5.89 Å². The van der Waals surface area contributed by atoms with Gasteiger partial charge in [0.1, 0.15) is 0 Å². The van der Waals surface area contributed by atoms with Gasteiger partial charge in [-0.05, 0) is 19.3 Å². The van der Waals surface area contributed by atoms with Crippen LogP contribution in [0.15, 0.2) is 4.52 Å². The van der Waals surface area contributed by atoms with Crippen LogP contribution >= 0.6 is 0 Å². The number of carbonyl (C=O) groups excluding carboxylic acids is 1. The summed E-state index contributed by atoms with van der Waals surface area (Å²) in [6, 6.07) is -0.229. The molecule has 1 fully saturated rings. The van der Waals surface area contributed by atoms with Gasteiger partial charge in [0, 0.05) is 20.0 Å². The summed E-state index contributed by atoms with van der Waals surface area (Å²) < 4.78 is 4.82. The number of nitrogens with one attached hydrogen (secondary N) is 1. The van der Waals surface area contributed by atoms with Gasteiger partial charge < -0.3 is 19.8 Å². The van der Waals surface area contributed by atoms with Crippen molar-refractivity contribution in [1.82, 2.24) is 20.4 Å². The van der Waals surface area contributed by atoms with Gasteiger partial charge in [0.15, 0.2) is 5.82 Å². The predicted molar refractivity (Wildman–Crippen MR) is 72.4 cm³/mol. The molecule has 2 N–H and O–H groups in total. The van der Waals surface area contributed by atoms with Gasteiger partial charge in [-0.2, -0.15) is 4.98 Å². The summed E-state index contributed by atoms with van der Waals surface area (Å²) in [6.07, 6.45) is 1.54. The van der Waals surface area contributed by atoms with Crippen LogP contribution in [0.4, 0.5) is 4.79 Å². The maximum atomic E-state index is 12.0. The predicted octanol–water partition coefficient (Wildman–Crippen LogP) is 1.16. The quantitative estimate of drug-likeness (QED) is 0.863. The highest BCUT2D eigenvalue weighted by Crippen LogP contribution is 2.35. The summed E-state index contributed by atoms with van der Waals surface area (Å²) in [5.41, 5.74) is -0.693. The molecule has 2 rings (SSSR count). The van der Waals surface area contributed by atoms with Gasteiger partial charge in [-0.15, -0.1) is 0 Å². The van der Waals surface area contributed by atoms with Gasteiger partial charge in [-0.25, -0.2) is 4.79 Å². The number of carboxylic acid groups (broad SMARTS) is 1. The van der Waals surface area contributed by atoms with E-state index in [0.717, 1.165) is 0 Å². The molecule has 0 aromatic carbocycles. The minimum atomic E-state index is -0.771. The third-order valence-electron chi connectivity index (χ3n) is 4.11. The van der Waals surface area contributed by atoms with Crippen molar-refractivity contribution in [3.05, 3.63) is 11.7 Å². The first-order valence-corrected chi connectivity index (χ1v) is 7.02. The lowest BCUT2D eigenvalue weighted by Gasteiger charge is -2.38. The van der Waals surface area contributed by atoms with E-state index < -0.39 is 11.4 Å². The van der Waals surface area contributed by atoms with Crippen molar-refractivity contribution in [2.45, 2.75) is 39.7 Å². The van der Waals surface area contributed by atoms with Crippen molar-refractivity contribution in [3.63, 3.8) is 0 Å². The van der Waals surface area contributed by atoms with E-state index in [0.29, 0.717) is 44.1 Å². The third kappa shape index (κ3) is 3.32. The zero-order valence-electron chi connectivity index (χ0n) is 12.3. The van der Waals surface area contributed by atoms with Gasteiger partial charge in [-0.3, -0.25) is 4.79 Å². The maximum Gasteiger partial charge on any atom is 0.317 e. The smallest absolute Gasteiger partial charge is 0.317 e. The van der Waals surface area contributed by atoms with Crippen LogP contribution in [0.2, 0.25) is 0 Å². The molecule has 0 unspecified atom stereocenters. The normalized spacial score (nSPS) is 17.5. The summed E-state index contributed by atoms with van der Waals surface area (Å²) in [4.78, 5) is 29.0. The summed E-state index contributed by atoms with van der Waals surface area (Å²) in [5.74, 6) is 0.102. The van der Waals surface area contributed by atoms with Gasteiger partial charge >= 0.3 is 12.0 Å². The number of nitrogens with zero attached hydrogens (tertiary/aromatic N) is 3. The molecule has 0 spiro atoms. The number of amides is 2. The highest BCUT2D eigenvalue weighted by molar-refractivity contribution is 5.77. The number of aromatic nitrogens is 2. The molecule has 2 heterocycles. The van der Waals surface area contributed by atoms with Crippen LogP contribution in [-0.4, -0.2) is 45.2 Å². The van der Waals surface area contributed by atoms with Crippen LogP contribution in [0, 0.1) is 12.3 Å². The summed E-state index contributed by atoms with van der Waals surface area (Å²) in [7, 11) is 0. The van der Waals surface area contributed by atoms with E-state index in [4.69, 9.17) is 4.52 Å². The van der Waals surface area contributed by atoms with Crippen molar-refractivity contribution < 1.29 is 19.2 Å². The number of carboxylic acids is 1. The van der Waals surface area contributed by atoms with Crippen molar-refractivity contribution in [2.24, 2.45) is 5.41 Å². The Labute approximate surface area is 122 Å². The number of urea groups is 1. The van der Waals surface area contributed by atoms with Crippen LogP contribution in [0.3, 0.4) is 0 Å². The second kappa shape index (κ2) is 6.11. The first kappa shape index (κ1) is 15.3. The Kier molecular flexibility index (Phi) is 4.44. The fourth-order valence-electron chi connectivity index (χ4n) is 2.54. The number of aliphatic carboxylic acids is 1. The summed E-state index contributed by atoms with van der Waals surface area (Å²) >= 11 is 0. The van der Waals surface area contributed by atoms with E-state index in [-0.39, 0.29) is 12.6 Å². The van der Waals surface area contributed by atoms with Gasteiger partial charge in [0.05, 0.1) is 12.0 Å². The molecular formula is C13H20N4O4. The molecule has 2 amide bonds. The van der Waals surface area contributed by atoms with E-state index in [1.807, 2.05) is 6.92 Å². The Balaban J connectivity index is 1.84. The lowest BCUT2D eigenvalue weighted by atomic mass is 9.76. The number of rotatable bonds is 4. The van der Waals surface area contributed by atoms with E-state index in [9.17, 15) is 14.7 Å². The minimum absolute atomic E-state index is 0.199. The fourth-order valence-corrected chi connectivity index (χ4v) is 2.54. The number of piperidine rings is 1. The largest absolute Gasteiger partial charge is 0.481 e. The summed E-state index contributed by atoms with van der Waals surface area (Å²) in [6.45, 7) is 4.64. The van der Waals surface area contributed by atoms with Crippen LogP contribution in [0.1, 0.15) is 37.9 Å². The van der Waals surface area contributed by atoms with Crippen LogP contribution < -0.4 is 5.32 Å². The van der Waals surface area contributed by atoms with Crippen molar-refractivity contribution in [3.8, 4) is 0 Å². The van der Waals surface area contributed by atoms with Crippen LogP contribution in [0.5, 0.6) is 0 Å². The number of hydrogen-bond donors (Lipinski definition) is 2. The molecule has 0 aliphatic carbocycles. The molecule has 0 bridgehead atoms. The Morgan fingerprint density at radius 2 is 2.10 bits per heavy atom. The average Bonchev–Trinajstić information content (AvgIpc) is 2.90. The fraction of sp³-hybridized carbons (Fsp3) is 0.692. The molecule has 0 saturated carbocycles. The molecular weight excluding hydrogens is 276 g/mol. The van der Waals surface area contributed by atoms with Crippen LogP contribution in [0.25, 0.3) is 0 Å². The highest BCUT2D eigenvalue weighted by Gasteiger charge is 2.40. The lowest BCUT2D eigenvalue weighted by molar-refractivity contribution is -0.151. The number of likely N-dealkylation sites (tertiary alicyclic amines) is 1. The minimum Gasteiger partial charge on any atom is -0.481 e. The topological polar surface area (TPSA) is 109 Å². The Bertz CT molecular complexity index is 520. The molecule has 8 heteroatoms. The number of carbonyl (C=O) groups is 2. The maximum absolute atomic E-state index is 12.0. The second-order valence-electron chi connectivity index (χ2n) is 5.31. The first-order chi connectivity index (χ1) is 9.97. The highest BCUT2D eigenvalue weighted by atomic mass is 16.5. The molecule has 21 heavy (non-hydrogen) atoms. The SMILES string of the molecule is CCC1(C(=O)O)CCN(C(=O)NCc2noc(C)n2)CC1. The lowest BCUT2D eigenvalue weighted by Crippen LogP contribution is -2.49. The van der Waals surface area contributed by atoms with E-state index >= 15 is 0 Å². The standard InChI is InChI=1S/C13H20N4O4/c1-3-13(11(18)19)4-6-17(7-5-13)12(20)14-8-10-15-9(2)21-16-10/h3-8H2,1-2H3,(H,14,20)(H,18,19). The van der Waals surface area contributed by atoms with Crippen LogP contribution in [-0.2, 0) is 11.3 Å². The number of aryl methyl sites for hydroxylation is 1. The first-order valence-electron chi connectivity index (χ1n) is 7.02. The molecule has 0 atom stereocenters. The Hall–Kier alpha value is -2.12. The summed E-state index contributed by atoms with van der Waals surface area (Å²) in [5, 5.41) is 15.7. The molecule has 1 aliphatic heterocycles. The van der Waals surface area contributed by atoms with Gasteiger partial charge in [-0.1, -0.05) is 12.1 Å². The number of hydrogen-bond acceptors (Lipinski definition) is 5. The molecule has 1 aliphatic rings. The van der Waals surface area contributed by atoms with Crippen molar-refractivity contribution in [1.29, 1.82) is 0 Å².